The van der Waals surface area contributed by atoms with Crippen molar-refractivity contribution in [2.75, 3.05) is 7.05 Å². The third-order valence-corrected chi connectivity index (χ3v) is 2.38. The molecule has 1 unspecified atom stereocenters. The second-order valence-corrected chi connectivity index (χ2v) is 3.26. The van der Waals surface area contributed by atoms with Crippen LogP contribution < -0.4 is 5.32 Å². The summed E-state index contributed by atoms with van der Waals surface area (Å²) in [6.45, 7) is 1.34. The highest BCUT2D eigenvalue weighted by molar-refractivity contribution is 5.25. The van der Waals surface area contributed by atoms with Crippen LogP contribution in [0.2, 0.25) is 0 Å². The van der Waals surface area contributed by atoms with Crippen molar-refractivity contribution in [2.24, 2.45) is 0 Å². The highest BCUT2D eigenvalue weighted by Gasteiger charge is 2.35. The van der Waals surface area contributed by atoms with Gasteiger partial charge in [0, 0.05) is 0 Å². The van der Waals surface area contributed by atoms with E-state index in [0.29, 0.717) is 0 Å². The van der Waals surface area contributed by atoms with E-state index in [-0.39, 0.29) is 5.56 Å². The van der Waals surface area contributed by atoms with Gasteiger partial charge in [0.1, 0.15) is 11.4 Å². The zero-order valence-corrected chi connectivity index (χ0v) is 8.02. The van der Waals surface area contributed by atoms with Gasteiger partial charge in [-0.15, -0.1) is 0 Å². The van der Waals surface area contributed by atoms with E-state index in [1.54, 1.807) is 0 Å². The Morgan fingerprint density at radius 3 is 2.43 bits per heavy atom. The van der Waals surface area contributed by atoms with Crippen molar-refractivity contribution in [2.45, 2.75) is 18.9 Å². The van der Waals surface area contributed by atoms with E-state index in [1.165, 1.54) is 32.2 Å². The largest absolute Gasteiger partial charge is 0.306 e. The molecule has 1 N–H and O–H groups in total. The fourth-order valence-electron chi connectivity index (χ4n) is 1.19. The van der Waals surface area contributed by atoms with Crippen LogP contribution in [0, 0.1) is 5.82 Å². The van der Waals surface area contributed by atoms with Gasteiger partial charge in [0.05, 0.1) is 0 Å². The third kappa shape index (κ3) is 1.90. The summed E-state index contributed by atoms with van der Waals surface area (Å²) in [7, 11) is 1.43. The molecule has 0 aliphatic heterocycles. The highest BCUT2D eigenvalue weighted by Crippen LogP contribution is 2.27. The predicted octanol–water partition coefficient (Wildman–Crippen LogP) is 2.53. The Balaban J connectivity index is 3.12. The Morgan fingerprint density at radius 2 is 2.00 bits per heavy atom. The van der Waals surface area contributed by atoms with Gasteiger partial charge in [-0.1, -0.05) is 12.1 Å². The van der Waals surface area contributed by atoms with Crippen LogP contribution in [-0.2, 0) is 5.54 Å². The summed E-state index contributed by atoms with van der Waals surface area (Å²) in [6.07, 6.45) is -2.59. The monoisotopic (exact) mass is 203 g/mol. The van der Waals surface area contributed by atoms with E-state index >= 15 is 0 Å². The van der Waals surface area contributed by atoms with Crippen molar-refractivity contribution < 1.29 is 13.2 Å². The summed E-state index contributed by atoms with van der Waals surface area (Å²) in [6, 6.07) is 5.24. The zero-order valence-electron chi connectivity index (χ0n) is 8.02. The summed E-state index contributed by atoms with van der Waals surface area (Å²) in [4.78, 5) is 0. The molecule has 0 spiro atoms. The summed E-state index contributed by atoms with van der Waals surface area (Å²) in [5, 5.41) is 2.50. The van der Waals surface area contributed by atoms with E-state index < -0.39 is 17.8 Å². The quantitative estimate of drug-likeness (QED) is 0.796. The highest BCUT2D eigenvalue weighted by atomic mass is 19.3. The number of halogens is 3. The predicted molar refractivity (Wildman–Crippen MR) is 48.8 cm³/mol. The van der Waals surface area contributed by atoms with Crippen molar-refractivity contribution in [3.63, 3.8) is 0 Å². The maximum atomic E-state index is 12.8. The summed E-state index contributed by atoms with van der Waals surface area (Å²) in [5.74, 6) is -0.510. The Hall–Kier alpha value is -1.03. The van der Waals surface area contributed by atoms with E-state index in [0.717, 1.165) is 6.07 Å². The molecule has 0 aliphatic rings. The normalized spacial score (nSPS) is 15.6. The lowest BCUT2D eigenvalue weighted by molar-refractivity contribution is 0.0430. The molecule has 1 nitrogen and oxygen atoms in total. The Bertz CT molecular complexity index is 314. The molecule has 14 heavy (non-hydrogen) atoms. The number of alkyl halides is 2. The lowest BCUT2D eigenvalue weighted by atomic mass is 9.93. The molecule has 4 heteroatoms. The van der Waals surface area contributed by atoms with Crippen LogP contribution in [0.1, 0.15) is 12.5 Å². The molecule has 0 saturated carbocycles. The minimum Gasteiger partial charge on any atom is -0.306 e. The van der Waals surface area contributed by atoms with Crippen LogP contribution in [0.3, 0.4) is 0 Å². The van der Waals surface area contributed by atoms with Gasteiger partial charge in [-0.05, 0) is 31.7 Å². The molecule has 0 saturated heterocycles. The first kappa shape index (κ1) is 11.0. The van der Waals surface area contributed by atoms with Gasteiger partial charge in [-0.3, -0.25) is 0 Å². The molecule has 0 aliphatic carbocycles. The average Bonchev–Trinajstić information content (AvgIpc) is 2.16. The number of hydrogen-bond donors (Lipinski definition) is 1. The van der Waals surface area contributed by atoms with Crippen LogP contribution in [0.25, 0.3) is 0 Å². The fourth-order valence-corrected chi connectivity index (χ4v) is 1.19. The molecule has 0 fully saturated rings. The maximum Gasteiger partial charge on any atom is 0.260 e. The first-order valence-corrected chi connectivity index (χ1v) is 4.24. The topological polar surface area (TPSA) is 12.0 Å². The molecule has 0 bridgehead atoms. The molecule has 0 aromatic heterocycles. The molecular weight excluding hydrogens is 191 g/mol. The molecule has 78 valence electrons. The minimum absolute atomic E-state index is 0.245. The first-order chi connectivity index (χ1) is 6.50. The molecule has 0 amide bonds. The van der Waals surface area contributed by atoms with Crippen molar-refractivity contribution in [1.29, 1.82) is 0 Å². The van der Waals surface area contributed by atoms with E-state index in [2.05, 4.69) is 5.32 Å². The molecule has 1 rings (SSSR count). The summed E-state index contributed by atoms with van der Waals surface area (Å²) in [5.41, 5.74) is -1.25. The zero-order chi connectivity index (χ0) is 10.8. The molecule has 1 aromatic carbocycles. The van der Waals surface area contributed by atoms with Crippen LogP contribution in [-0.4, -0.2) is 13.5 Å². The summed E-state index contributed by atoms with van der Waals surface area (Å²) < 4.78 is 38.3. The second kappa shape index (κ2) is 4.00. The van der Waals surface area contributed by atoms with Gasteiger partial charge in [-0.25, -0.2) is 13.2 Å². The fraction of sp³-hybridized carbons (Fsp3) is 0.400. The van der Waals surface area contributed by atoms with E-state index in [1.807, 2.05) is 0 Å². The maximum absolute atomic E-state index is 12.8. The van der Waals surface area contributed by atoms with Crippen molar-refractivity contribution in [3.8, 4) is 0 Å². The first-order valence-electron chi connectivity index (χ1n) is 4.24. The number of benzene rings is 1. The lowest BCUT2D eigenvalue weighted by Crippen LogP contribution is -2.43. The van der Waals surface area contributed by atoms with E-state index in [4.69, 9.17) is 0 Å². The van der Waals surface area contributed by atoms with Gasteiger partial charge in [0.15, 0.2) is 0 Å². The van der Waals surface area contributed by atoms with Crippen LogP contribution >= 0.6 is 0 Å². The SMILES string of the molecule is CNC(C)(c1cccc(F)c1)C(F)F. The average molecular weight is 203 g/mol. The third-order valence-electron chi connectivity index (χ3n) is 2.38. The van der Waals surface area contributed by atoms with Gasteiger partial charge < -0.3 is 5.32 Å². The number of nitrogens with one attached hydrogen (secondary N) is 1. The summed E-state index contributed by atoms with van der Waals surface area (Å²) >= 11 is 0. The van der Waals surface area contributed by atoms with Crippen LogP contribution in [0.4, 0.5) is 13.2 Å². The van der Waals surface area contributed by atoms with E-state index in [9.17, 15) is 13.2 Å². The second-order valence-electron chi connectivity index (χ2n) is 3.26. The Morgan fingerprint density at radius 1 is 1.36 bits per heavy atom. The molecule has 1 aromatic rings. The Kier molecular flexibility index (Phi) is 3.16. The van der Waals surface area contributed by atoms with Gasteiger partial charge in [0.2, 0.25) is 0 Å². The molecule has 1 atom stereocenters. The minimum atomic E-state index is -2.59. The Labute approximate surface area is 80.9 Å². The number of hydrogen-bond acceptors (Lipinski definition) is 1. The van der Waals surface area contributed by atoms with Crippen molar-refractivity contribution in [1.82, 2.24) is 5.32 Å². The molecule has 0 radical (unpaired) electrons. The van der Waals surface area contributed by atoms with Crippen molar-refractivity contribution >= 4 is 0 Å². The number of rotatable bonds is 3. The van der Waals surface area contributed by atoms with Gasteiger partial charge in [0.25, 0.3) is 6.43 Å². The van der Waals surface area contributed by atoms with Gasteiger partial charge >= 0.3 is 0 Å². The smallest absolute Gasteiger partial charge is 0.260 e. The van der Waals surface area contributed by atoms with Crippen LogP contribution in [0.15, 0.2) is 24.3 Å². The van der Waals surface area contributed by atoms with Crippen LogP contribution in [0.5, 0.6) is 0 Å². The van der Waals surface area contributed by atoms with Gasteiger partial charge in [-0.2, -0.15) is 0 Å². The van der Waals surface area contributed by atoms with Crippen molar-refractivity contribution in [3.05, 3.63) is 35.6 Å². The molecule has 0 heterocycles. The molecular formula is C10H12F3N. The standard InChI is InChI=1S/C10H12F3N/c1-10(14-2,9(12)13)7-4-3-5-8(11)6-7/h3-6,9,14H,1-2H3. The lowest BCUT2D eigenvalue weighted by Gasteiger charge is -2.28.